The monoisotopic (exact) mass is 401 g/mol. The maximum absolute atomic E-state index is 13.4. The van der Waals surface area contributed by atoms with Gasteiger partial charge in [-0.05, 0) is 53.8 Å². The van der Waals surface area contributed by atoms with Gasteiger partial charge in [0.1, 0.15) is 11.6 Å². The van der Waals surface area contributed by atoms with Crippen LogP contribution in [-0.4, -0.2) is 11.7 Å². The molecule has 0 aliphatic heterocycles. The average Bonchev–Trinajstić information content (AvgIpc) is 2.44. The van der Waals surface area contributed by atoms with Crippen molar-refractivity contribution in [3.8, 4) is 0 Å². The highest BCUT2D eigenvalue weighted by Gasteiger charge is 2.12. The Kier molecular flexibility index (Phi) is 4.66. The Morgan fingerprint density at radius 2 is 1.48 bits per heavy atom. The summed E-state index contributed by atoms with van der Waals surface area (Å²) in [6.07, 6.45) is 0. The fraction of sp³-hybridized carbons (Fsp3) is 0.0667. The second kappa shape index (κ2) is 6.30. The molecular formula is C15H10F2INO2. The summed E-state index contributed by atoms with van der Waals surface area (Å²) >= 11 is 1.55. The van der Waals surface area contributed by atoms with Crippen LogP contribution in [0.5, 0.6) is 0 Å². The van der Waals surface area contributed by atoms with Crippen LogP contribution in [0.1, 0.15) is 27.6 Å². The molecule has 6 heteroatoms. The number of Topliss-reactive ketones (excluding diaryl/α,β-unsaturated/α-hetero) is 1. The normalized spacial score (nSPS) is 10.3. The Balaban J connectivity index is 2.20. The molecule has 108 valence electrons. The van der Waals surface area contributed by atoms with E-state index in [4.69, 9.17) is 0 Å². The molecule has 0 saturated heterocycles. The van der Waals surface area contributed by atoms with Crippen molar-refractivity contribution in [1.82, 2.24) is 0 Å². The van der Waals surface area contributed by atoms with Crippen molar-refractivity contribution in [1.29, 1.82) is 0 Å². The van der Waals surface area contributed by atoms with Crippen LogP contribution in [0, 0.1) is 15.2 Å². The van der Waals surface area contributed by atoms with Gasteiger partial charge in [-0.3, -0.25) is 9.59 Å². The van der Waals surface area contributed by atoms with Gasteiger partial charge in [0.25, 0.3) is 5.91 Å². The Hall–Kier alpha value is -1.83. The molecule has 0 bridgehead atoms. The lowest BCUT2D eigenvalue weighted by atomic mass is 10.1. The number of rotatable bonds is 3. The summed E-state index contributed by atoms with van der Waals surface area (Å²) in [4.78, 5) is 23.1. The molecule has 0 spiro atoms. The maximum atomic E-state index is 13.4. The summed E-state index contributed by atoms with van der Waals surface area (Å²) in [6, 6.07) is 8.09. The van der Waals surface area contributed by atoms with Gasteiger partial charge >= 0.3 is 0 Å². The smallest absolute Gasteiger partial charge is 0.255 e. The first-order valence-electron chi connectivity index (χ1n) is 5.95. The topological polar surface area (TPSA) is 46.2 Å². The quantitative estimate of drug-likeness (QED) is 0.480. The minimum absolute atomic E-state index is 0.0334. The van der Waals surface area contributed by atoms with E-state index in [2.05, 4.69) is 5.32 Å². The Labute approximate surface area is 133 Å². The van der Waals surface area contributed by atoms with Crippen LogP contribution in [0.15, 0.2) is 36.4 Å². The van der Waals surface area contributed by atoms with Crippen LogP contribution >= 0.6 is 22.6 Å². The minimum atomic E-state index is -0.738. The third-order valence-electron chi connectivity index (χ3n) is 2.80. The molecular weight excluding hydrogens is 391 g/mol. The molecule has 2 aromatic carbocycles. The van der Waals surface area contributed by atoms with E-state index in [0.29, 0.717) is 11.1 Å². The molecule has 0 aliphatic rings. The zero-order valence-electron chi connectivity index (χ0n) is 10.9. The number of carbonyl (C=O) groups excluding carboxylic acids is 2. The minimum Gasteiger partial charge on any atom is -0.322 e. The molecule has 0 unspecified atom stereocenters. The van der Waals surface area contributed by atoms with E-state index in [9.17, 15) is 18.4 Å². The van der Waals surface area contributed by atoms with Gasteiger partial charge in [0.15, 0.2) is 5.78 Å². The summed E-state index contributed by atoms with van der Waals surface area (Å²) in [5.41, 5.74) is 0.809. The van der Waals surface area contributed by atoms with E-state index in [1.807, 2.05) is 0 Å². The molecule has 0 heterocycles. The third kappa shape index (κ3) is 3.63. The van der Waals surface area contributed by atoms with E-state index >= 15 is 0 Å². The zero-order valence-corrected chi connectivity index (χ0v) is 13.1. The predicted molar refractivity (Wildman–Crippen MR) is 83.5 cm³/mol. The molecule has 2 rings (SSSR count). The first kappa shape index (κ1) is 15.6. The number of hydrogen-bond donors (Lipinski definition) is 1. The number of nitrogens with one attached hydrogen (secondary N) is 1. The highest BCUT2D eigenvalue weighted by molar-refractivity contribution is 14.1. The maximum Gasteiger partial charge on any atom is 0.255 e. The van der Waals surface area contributed by atoms with Crippen molar-refractivity contribution < 1.29 is 18.4 Å². The van der Waals surface area contributed by atoms with Gasteiger partial charge in [-0.15, -0.1) is 0 Å². The molecule has 0 aromatic heterocycles. The molecule has 0 radical (unpaired) electrons. The highest BCUT2D eigenvalue weighted by atomic mass is 127. The lowest BCUT2D eigenvalue weighted by molar-refractivity contribution is 0.100. The van der Waals surface area contributed by atoms with Crippen molar-refractivity contribution in [3.63, 3.8) is 0 Å². The number of carbonyl (C=O) groups is 2. The van der Waals surface area contributed by atoms with Gasteiger partial charge in [-0.25, -0.2) is 8.78 Å². The van der Waals surface area contributed by atoms with Crippen molar-refractivity contribution in [2.24, 2.45) is 0 Å². The SMILES string of the molecule is CC(=O)c1ccc(C(=O)Nc2cc(F)c(I)c(F)c2)cc1. The van der Waals surface area contributed by atoms with Crippen molar-refractivity contribution in [2.45, 2.75) is 6.92 Å². The van der Waals surface area contributed by atoms with Gasteiger partial charge < -0.3 is 5.32 Å². The van der Waals surface area contributed by atoms with Crippen LogP contribution in [0.4, 0.5) is 14.5 Å². The molecule has 21 heavy (non-hydrogen) atoms. The third-order valence-corrected chi connectivity index (χ3v) is 3.83. The summed E-state index contributed by atoms with van der Waals surface area (Å²) in [6.45, 7) is 1.42. The first-order chi connectivity index (χ1) is 9.88. The van der Waals surface area contributed by atoms with Gasteiger partial charge in [-0.2, -0.15) is 0 Å². The van der Waals surface area contributed by atoms with Crippen LogP contribution in [0.25, 0.3) is 0 Å². The largest absolute Gasteiger partial charge is 0.322 e. The number of benzene rings is 2. The van der Waals surface area contributed by atoms with E-state index in [1.54, 1.807) is 22.6 Å². The molecule has 0 aliphatic carbocycles. The van der Waals surface area contributed by atoms with E-state index in [-0.39, 0.29) is 15.0 Å². The Morgan fingerprint density at radius 3 is 1.95 bits per heavy atom. The van der Waals surface area contributed by atoms with Crippen molar-refractivity contribution in [2.75, 3.05) is 5.32 Å². The molecule has 1 N–H and O–H groups in total. The summed E-state index contributed by atoms with van der Waals surface area (Å²) < 4.78 is 26.7. The van der Waals surface area contributed by atoms with Gasteiger partial charge in [0, 0.05) is 16.8 Å². The molecule has 2 aromatic rings. The number of halogens is 3. The summed E-state index contributed by atoms with van der Waals surface area (Å²) in [7, 11) is 0. The molecule has 0 saturated carbocycles. The zero-order chi connectivity index (χ0) is 15.6. The standard InChI is InChI=1S/C15H10F2INO2/c1-8(20)9-2-4-10(5-3-9)15(21)19-11-6-12(16)14(18)13(17)7-11/h2-7H,1H3,(H,19,21). The second-order valence-electron chi connectivity index (χ2n) is 4.34. The molecule has 3 nitrogen and oxygen atoms in total. The summed E-state index contributed by atoms with van der Waals surface area (Å²) in [5.74, 6) is -2.09. The van der Waals surface area contributed by atoms with Gasteiger partial charge in [0.2, 0.25) is 0 Å². The average molecular weight is 401 g/mol. The predicted octanol–water partition coefficient (Wildman–Crippen LogP) is 4.02. The number of anilines is 1. The molecule has 0 atom stereocenters. The van der Waals surface area contributed by atoms with Crippen molar-refractivity contribution >= 4 is 40.0 Å². The number of ketones is 1. The van der Waals surface area contributed by atoms with Gasteiger partial charge in [0.05, 0.1) is 3.57 Å². The second-order valence-corrected chi connectivity index (χ2v) is 5.42. The van der Waals surface area contributed by atoms with Crippen LogP contribution < -0.4 is 5.32 Å². The van der Waals surface area contributed by atoms with Crippen LogP contribution in [0.3, 0.4) is 0 Å². The Morgan fingerprint density at radius 1 is 1.00 bits per heavy atom. The lowest BCUT2D eigenvalue weighted by Crippen LogP contribution is -2.12. The van der Waals surface area contributed by atoms with E-state index in [0.717, 1.165) is 12.1 Å². The Bertz CT molecular complexity index is 691. The fourth-order valence-corrected chi connectivity index (χ4v) is 2.00. The van der Waals surface area contributed by atoms with E-state index in [1.165, 1.54) is 31.2 Å². The number of amides is 1. The van der Waals surface area contributed by atoms with Crippen LogP contribution in [0.2, 0.25) is 0 Å². The lowest BCUT2D eigenvalue weighted by Gasteiger charge is -2.07. The van der Waals surface area contributed by atoms with E-state index < -0.39 is 17.5 Å². The van der Waals surface area contributed by atoms with Crippen molar-refractivity contribution in [3.05, 3.63) is 62.7 Å². The fourth-order valence-electron chi connectivity index (χ4n) is 1.69. The van der Waals surface area contributed by atoms with Crippen LogP contribution in [-0.2, 0) is 0 Å². The first-order valence-corrected chi connectivity index (χ1v) is 7.03. The number of hydrogen-bond acceptors (Lipinski definition) is 2. The molecule has 0 fully saturated rings. The molecule has 1 amide bonds. The highest BCUT2D eigenvalue weighted by Crippen LogP contribution is 2.21. The van der Waals surface area contributed by atoms with Gasteiger partial charge in [-0.1, -0.05) is 12.1 Å². The summed E-state index contributed by atoms with van der Waals surface area (Å²) in [5, 5.41) is 2.41.